The molecular formula is C12H19BO4S. The lowest BCUT2D eigenvalue weighted by molar-refractivity contribution is -0.142. The van der Waals surface area contributed by atoms with E-state index in [4.69, 9.17) is 14.0 Å². The van der Waals surface area contributed by atoms with Gasteiger partial charge in [-0.1, -0.05) is 6.08 Å². The number of methoxy groups -OCH3 is 1. The summed E-state index contributed by atoms with van der Waals surface area (Å²) in [5.74, 6) is 0.314. The lowest BCUT2D eigenvalue weighted by Crippen LogP contribution is -2.41. The van der Waals surface area contributed by atoms with Crippen LogP contribution >= 0.6 is 11.8 Å². The van der Waals surface area contributed by atoms with Gasteiger partial charge in [0.1, 0.15) is 0 Å². The van der Waals surface area contributed by atoms with E-state index in [1.807, 2.05) is 33.8 Å². The van der Waals surface area contributed by atoms with Crippen molar-refractivity contribution in [2.75, 3.05) is 12.9 Å². The molecule has 0 saturated carbocycles. The molecule has 0 aliphatic carbocycles. The summed E-state index contributed by atoms with van der Waals surface area (Å²) in [6.07, 6.45) is 1.90. The monoisotopic (exact) mass is 270 g/mol. The maximum absolute atomic E-state index is 11.5. The van der Waals surface area contributed by atoms with E-state index < -0.39 is 0 Å². The molecule has 2 heterocycles. The van der Waals surface area contributed by atoms with Crippen molar-refractivity contribution in [1.29, 1.82) is 0 Å². The van der Waals surface area contributed by atoms with Gasteiger partial charge in [-0.25, -0.2) is 0 Å². The quantitative estimate of drug-likeness (QED) is 0.567. The molecule has 0 spiro atoms. The molecule has 2 aliphatic rings. The van der Waals surface area contributed by atoms with E-state index in [9.17, 15) is 4.79 Å². The van der Waals surface area contributed by atoms with Crippen molar-refractivity contribution < 1.29 is 18.8 Å². The molecule has 1 atom stereocenters. The summed E-state index contributed by atoms with van der Waals surface area (Å²) in [4.78, 5) is 12.4. The Kier molecular flexibility index (Phi) is 3.55. The first-order valence-electron chi connectivity index (χ1n) is 6.05. The van der Waals surface area contributed by atoms with Gasteiger partial charge in [0.2, 0.25) is 0 Å². The van der Waals surface area contributed by atoms with E-state index in [0.29, 0.717) is 5.75 Å². The van der Waals surface area contributed by atoms with Gasteiger partial charge in [-0.3, -0.25) is 4.79 Å². The highest BCUT2D eigenvalue weighted by atomic mass is 32.2. The fourth-order valence-electron chi connectivity index (χ4n) is 1.87. The molecule has 0 amide bonds. The normalized spacial score (nSPS) is 29.3. The third-order valence-electron chi connectivity index (χ3n) is 3.78. The van der Waals surface area contributed by atoms with Crippen molar-refractivity contribution in [3.63, 3.8) is 0 Å². The molecular weight excluding hydrogens is 251 g/mol. The Morgan fingerprint density at radius 2 is 1.94 bits per heavy atom. The minimum Gasteiger partial charge on any atom is -0.469 e. The van der Waals surface area contributed by atoms with Gasteiger partial charge in [-0.2, -0.15) is 0 Å². The maximum Gasteiger partial charge on any atom is 0.501 e. The molecule has 2 rings (SSSR count). The Morgan fingerprint density at radius 1 is 1.39 bits per heavy atom. The number of hydrogen-bond acceptors (Lipinski definition) is 5. The zero-order valence-electron chi connectivity index (χ0n) is 11.5. The zero-order valence-corrected chi connectivity index (χ0v) is 12.3. The minimum absolute atomic E-state index is 0.186. The molecule has 1 fully saturated rings. The molecule has 1 unspecified atom stereocenters. The van der Waals surface area contributed by atoms with Crippen LogP contribution in [-0.2, 0) is 18.8 Å². The van der Waals surface area contributed by atoms with Crippen molar-refractivity contribution in [1.82, 2.24) is 0 Å². The standard InChI is InChI=1S/C12H19BO4S/c1-11(2)12(3,4)17-13(16-11)9-6-8(7-18-9)10(14)15-5/h6,8H,7H2,1-5H3. The van der Waals surface area contributed by atoms with Crippen LogP contribution < -0.4 is 0 Å². The van der Waals surface area contributed by atoms with Crippen molar-refractivity contribution in [2.45, 2.75) is 38.9 Å². The first-order chi connectivity index (χ1) is 8.27. The smallest absolute Gasteiger partial charge is 0.469 e. The van der Waals surface area contributed by atoms with Gasteiger partial charge in [0.05, 0.1) is 24.2 Å². The highest BCUT2D eigenvalue weighted by Gasteiger charge is 2.53. The van der Waals surface area contributed by atoms with Crippen LogP contribution in [0.5, 0.6) is 0 Å². The third-order valence-corrected chi connectivity index (χ3v) is 4.97. The van der Waals surface area contributed by atoms with Crippen LogP contribution in [0, 0.1) is 5.92 Å². The van der Waals surface area contributed by atoms with E-state index in [2.05, 4.69) is 0 Å². The molecule has 6 heteroatoms. The molecule has 0 bridgehead atoms. The number of ether oxygens (including phenoxy) is 1. The number of hydrogen-bond donors (Lipinski definition) is 0. The molecule has 0 aromatic carbocycles. The summed E-state index contributed by atoms with van der Waals surface area (Å²) in [7, 11) is 1.04. The SMILES string of the molecule is COC(=O)C1C=C(B2OC(C)(C)C(C)(C)O2)SC1. The Hall–Kier alpha value is -0.455. The summed E-state index contributed by atoms with van der Waals surface area (Å²) in [6, 6.07) is 0. The second-order valence-electron chi connectivity index (χ2n) is 5.60. The predicted octanol–water partition coefficient (Wildman–Crippen LogP) is 2.04. The van der Waals surface area contributed by atoms with Crippen molar-refractivity contribution >= 4 is 24.8 Å². The lowest BCUT2D eigenvalue weighted by Gasteiger charge is -2.32. The predicted molar refractivity (Wildman–Crippen MR) is 72.1 cm³/mol. The van der Waals surface area contributed by atoms with Gasteiger partial charge < -0.3 is 14.0 Å². The molecule has 0 aromatic rings. The number of carbonyl (C=O) groups is 1. The fraction of sp³-hybridized carbons (Fsp3) is 0.750. The first kappa shape index (κ1) is 14.0. The topological polar surface area (TPSA) is 44.8 Å². The largest absolute Gasteiger partial charge is 0.501 e. The van der Waals surface area contributed by atoms with Gasteiger partial charge in [0.15, 0.2) is 0 Å². The van der Waals surface area contributed by atoms with Gasteiger partial charge >= 0.3 is 13.1 Å². The molecule has 100 valence electrons. The number of thioether (sulfide) groups is 1. The Labute approximate surface area is 113 Å². The molecule has 4 nitrogen and oxygen atoms in total. The second kappa shape index (κ2) is 4.58. The van der Waals surface area contributed by atoms with Gasteiger partial charge in [0, 0.05) is 10.6 Å². The van der Waals surface area contributed by atoms with Crippen LogP contribution in [0.25, 0.3) is 0 Å². The van der Waals surface area contributed by atoms with E-state index in [1.165, 1.54) is 7.11 Å². The van der Waals surface area contributed by atoms with Crippen molar-refractivity contribution in [3.05, 3.63) is 10.9 Å². The Morgan fingerprint density at radius 3 is 2.44 bits per heavy atom. The summed E-state index contributed by atoms with van der Waals surface area (Å²) in [5, 5.41) is 0. The highest BCUT2D eigenvalue weighted by Crippen LogP contribution is 2.43. The highest BCUT2D eigenvalue weighted by molar-refractivity contribution is 8.05. The van der Waals surface area contributed by atoms with E-state index in [1.54, 1.807) is 11.8 Å². The molecule has 0 aromatic heterocycles. The van der Waals surface area contributed by atoms with E-state index in [-0.39, 0.29) is 30.2 Å². The molecule has 18 heavy (non-hydrogen) atoms. The average molecular weight is 270 g/mol. The number of esters is 1. The summed E-state index contributed by atoms with van der Waals surface area (Å²) in [6.45, 7) is 8.08. The zero-order chi connectivity index (χ0) is 13.6. The Bertz CT molecular complexity index is 376. The maximum atomic E-state index is 11.5. The number of carbonyl (C=O) groups excluding carboxylic acids is 1. The second-order valence-corrected chi connectivity index (χ2v) is 6.69. The Balaban J connectivity index is 2.10. The van der Waals surface area contributed by atoms with Crippen molar-refractivity contribution in [2.24, 2.45) is 5.92 Å². The summed E-state index contributed by atoms with van der Waals surface area (Å²) >= 11 is 1.60. The molecule has 0 N–H and O–H groups in total. The molecule has 0 radical (unpaired) electrons. The van der Waals surface area contributed by atoms with E-state index >= 15 is 0 Å². The summed E-state index contributed by atoms with van der Waals surface area (Å²) in [5.41, 5.74) is -0.690. The first-order valence-corrected chi connectivity index (χ1v) is 7.03. The fourth-order valence-corrected chi connectivity index (χ4v) is 2.97. The number of rotatable bonds is 2. The van der Waals surface area contributed by atoms with Gasteiger partial charge in [-0.15, -0.1) is 11.8 Å². The molecule has 1 saturated heterocycles. The van der Waals surface area contributed by atoms with Gasteiger partial charge in [-0.05, 0) is 27.7 Å². The minimum atomic E-state index is -0.366. The van der Waals surface area contributed by atoms with Crippen LogP contribution in [0.15, 0.2) is 10.9 Å². The average Bonchev–Trinajstić information content (AvgIpc) is 2.82. The van der Waals surface area contributed by atoms with Crippen LogP contribution in [0.1, 0.15) is 27.7 Å². The summed E-state index contributed by atoms with van der Waals surface area (Å²) < 4.78 is 16.6. The third kappa shape index (κ3) is 2.33. The van der Waals surface area contributed by atoms with Crippen LogP contribution in [-0.4, -0.2) is 37.2 Å². The van der Waals surface area contributed by atoms with Crippen molar-refractivity contribution in [3.8, 4) is 0 Å². The van der Waals surface area contributed by atoms with E-state index in [0.717, 1.165) is 4.80 Å². The van der Waals surface area contributed by atoms with Crippen LogP contribution in [0.4, 0.5) is 0 Å². The van der Waals surface area contributed by atoms with Crippen LogP contribution in [0.2, 0.25) is 0 Å². The molecule has 2 aliphatic heterocycles. The van der Waals surface area contributed by atoms with Gasteiger partial charge in [0.25, 0.3) is 0 Å². The van der Waals surface area contributed by atoms with Crippen LogP contribution in [0.3, 0.4) is 0 Å². The lowest BCUT2D eigenvalue weighted by atomic mass is 9.88.